The number of fused-ring (bicyclic) bond motifs is 1. The summed E-state index contributed by atoms with van der Waals surface area (Å²) in [5.41, 5.74) is 2.34. The topological polar surface area (TPSA) is 80.5 Å². The molecule has 1 amide bonds. The summed E-state index contributed by atoms with van der Waals surface area (Å²) >= 11 is 1.62. The fourth-order valence-electron chi connectivity index (χ4n) is 2.58. The van der Waals surface area contributed by atoms with E-state index in [0.29, 0.717) is 11.3 Å². The minimum absolute atomic E-state index is 0.230. The van der Waals surface area contributed by atoms with Crippen LogP contribution < -0.4 is 10.2 Å². The van der Waals surface area contributed by atoms with Gasteiger partial charge in [0.25, 0.3) is 5.91 Å². The normalized spacial score (nSPS) is 15.0. The van der Waals surface area contributed by atoms with Crippen molar-refractivity contribution < 1.29 is 14.1 Å². The van der Waals surface area contributed by atoms with Crippen LogP contribution in [0.15, 0.2) is 28.9 Å². The van der Waals surface area contributed by atoms with E-state index >= 15 is 0 Å². The lowest BCUT2D eigenvalue weighted by molar-refractivity contribution is 0.0987. The van der Waals surface area contributed by atoms with Crippen LogP contribution in [0, 0.1) is 6.92 Å². The fraction of sp³-hybridized carbons (Fsp3) is 0.312. The van der Waals surface area contributed by atoms with Gasteiger partial charge in [0.1, 0.15) is 0 Å². The van der Waals surface area contributed by atoms with Gasteiger partial charge in [0.2, 0.25) is 5.76 Å². The number of morpholine rings is 1. The predicted octanol–water partition coefficient (Wildman–Crippen LogP) is 2.68. The maximum absolute atomic E-state index is 12.2. The molecule has 2 aromatic heterocycles. The quantitative estimate of drug-likeness (QED) is 0.787. The number of carbonyl (C=O) groups excluding carboxylic acids is 1. The first kappa shape index (κ1) is 15.1. The Kier molecular flexibility index (Phi) is 3.91. The summed E-state index contributed by atoms with van der Waals surface area (Å²) in [7, 11) is 0. The molecule has 3 heterocycles. The van der Waals surface area contributed by atoms with Crippen molar-refractivity contribution in [1.82, 2.24) is 10.1 Å². The molecule has 0 spiro atoms. The van der Waals surface area contributed by atoms with Crippen LogP contribution in [0.1, 0.15) is 16.1 Å². The van der Waals surface area contributed by atoms with E-state index in [1.807, 2.05) is 18.2 Å². The first-order valence-electron chi connectivity index (χ1n) is 7.66. The van der Waals surface area contributed by atoms with Gasteiger partial charge < -0.3 is 19.5 Å². The standard InChI is InChI=1S/C16H16N4O3S/c1-10-9-17-23-14(10)15(21)18-11-2-3-12-13(8-11)24-16(19-12)20-4-6-22-7-5-20/h2-3,8-9H,4-7H2,1H3,(H,18,21). The highest BCUT2D eigenvalue weighted by molar-refractivity contribution is 7.22. The molecule has 1 aliphatic heterocycles. The van der Waals surface area contributed by atoms with Crippen molar-refractivity contribution in [3.8, 4) is 0 Å². The zero-order valence-electron chi connectivity index (χ0n) is 13.1. The van der Waals surface area contributed by atoms with Gasteiger partial charge in [-0.2, -0.15) is 0 Å². The molecular formula is C16H16N4O3S. The summed E-state index contributed by atoms with van der Waals surface area (Å²) in [6.45, 7) is 4.95. The number of nitrogens with zero attached hydrogens (tertiary/aromatic N) is 3. The summed E-state index contributed by atoms with van der Waals surface area (Å²) in [4.78, 5) is 19.1. The van der Waals surface area contributed by atoms with E-state index in [2.05, 4.69) is 20.4 Å². The van der Waals surface area contributed by atoms with Crippen molar-refractivity contribution in [3.05, 3.63) is 35.7 Å². The molecule has 124 valence electrons. The number of aromatic nitrogens is 2. The molecule has 8 heteroatoms. The van der Waals surface area contributed by atoms with Crippen molar-refractivity contribution in [3.63, 3.8) is 0 Å². The number of hydrogen-bond donors (Lipinski definition) is 1. The van der Waals surface area contributed by atoms with Crippen LogP contribution in [-0.4, -0.2) is 42.4 Å². The summed E-state index contributed by atoms with van der Waals surface area (Å²) in [5, 5.41) is 7.46. The maximum atomic E-state index is 12.2. The lowest BCUT2D eigenvalue weighted by Crippen LogP contribution is -2.36. The first-order chi connectivity index (χ1) is 11.7. The zero-order chi connectivity index (χ0) is 16.5. The third kappa shape index (κ3) is 2.85. The second kappa shape index (κ2) is 6.21. The highest BCUT2D eigenvalue weighted by Crippen LogP contribution is 2.31. The second-order valence-electron chi connectivity index (χ2n) is 5.57. The molecule has 0 aliphatic carbocycles. The van der Waals surface area contributed by atoms with E-state index in [9.17, 15) is 4.79 Å². The Balaban J connectivity index is 1.56. The van der Waals surface area contributed by atoms with Crippen LogP contribution in [0.3, 0.4) is 0 Å². The Morgan fingerprint density at radius 2 is 2.17 bits per heavy atom. The van der Waals surface area contributed by atoms with E-state index in [-0.39, 0.29) is 11.7 Å². The molecule has 4 rings (SSSR count). The fourth-order valence-corrected chi connectivity index (χ4v) is 3.63. The Morgan fingerprint density at radius 3 is 2.92 bits per heavy atom. The van der Waals surface area contributed by atoms with Gasteiger partial charge in [-0.1, -0.05) is 16.5 Å². The molecule has 3 aromatic rings. The monoisotopic (exact) mass is 344 g/mol. The number of anilines is 2. The number of thiazole rings is 1. The average Bonchev–Trinajstić information content (AvgIpc) is 3.21. The smallest absolute Gasteiger partial charge is 0.294 e. The van der Waals surface area contributed by atoms with Gasteiger partial charge in [0.15, 0.2) is 5.13 Å². The zero-order valence-corrected chi connectivity index (χ0v) is 13.9. The molecule has 0 unspecified atom stereocenters. The van der Waals surface area contributed by atoms with E-state index < -0.39 is 0 Å². The molecule has 0 radical (unpaired) electrons. The van der Waals surface area contributed by atoms with Crippen LogP contribution in [0.5, 0.6) is 0 Å². The summed E-state index contributed by atoms with van der Waals surface area (Å²) in [6.07, 6.45) is 1.52. The van der Waals surface area contributed by atoms with Gasteiger partial charge in [-0.3, -0.25) is 4.79 Å². The Morgan fingerprint density at radius 1 is 1.33 bits per heavy atom. The van der Waals surface area contributed by atoms with Crippen LogP contribution in [0.4, 0.5) is 10.8 Å². The Hall–Kier alpha value is -2.45. The van der Waals surface area contributed by atoms with Crippen molar-refractivity contribution in [2.45, 2.75) is 6.92 Å². The van der Waals surface area contributed by atoms with Gasteiger partial charge in [0.05, 0.1) is 29.6 Å². The second-order valence-corrected chi connectivity index (χ2v) is 6.58. The number of aryl methyl sites for hydroxylation is 1. The lowest BCUT2D eigenvalue weighted by atomic mass is 10.2. The Labute approximate surface area is 142 Å². The van der Waals surface area contributed by atoms with Gasteiger partial charge >= 0.3 is 0 Å². The number of ether oxygens (including phenoxy) is 1. The molecule has 1 saturated heterocycles. The summed E-state index contributed by atoms with van der Waals surface area (Å²) in [6, 6.07) is 5.69. The average molecular weight is 344 g/mol. The van der Waals surface area contributed by atoms with E-state index in [1.54, 1.807) is 18.3 Å². The third-order valence-electron chi connectivity index (χ3n) is 3.87. The minimum atomic E-state index is -0.303. The third-order valence-corrected chi connectivity index (χ3v) is 4.95. The van der Waals surface area contributed by atoms with E-state index in [1.165, 1.54) is 6.20 Å². The number of benzene rings is 1. The highest BCUT2D eigenvalue weighted by atomic mass is 32.1. The van der Waals surface area contributed by atoms with E-state index in [0.717, 1.165) is 41.7 Å². The van der Waals surface area contributed by atoms with Gasteiger partial charge in [-0.05, 0) is 25.1 Å². The number of hydrogen-bond acceptors (Lipinski definition) is 7. The number of amides is 1. The molecule has 1 N–H and O–H groups in total. The molecular weight excluding hydrogens is 328 g/mol. The van der Waals surface area contributed by atoms with Gasteiger partial charge in [0, 0.05) is 24.3 Å². The number of rotatable bonds is 3. The SMILES string of the molecule is Cc1cnoc1C(=O)Nc1ccc2nc(N3CCOCC3)sc2c1. The molecule has 0 saturated carbocycles. The molecule has 0 bridgehead atoms. The Bertz CT molecular complexity index is 882. The number of nitrogens with one attached hydrogen (secondary N) is 1. The summed E-state index contributed by atoms with van der Waals surface area (Å²) < 4.78 is 11.4. The molecule has 1 aromatic carbocycles. The van der Waals surface area contributed by atoms with Crippen molar-refractivity contribution in [2.75, 3.05) is 36.5 Å². The maximum Gasteiger partial charge on any atom is 0.294 e. The summed E-state index contributed by atoms with van der Waals surface area (Å²) in [5.74, 6) is -0.0734. The van der Waals surface area contributed by atoms with Crippen molar-refractivity contribution >= 4 is 38.3 Å². The predicted molar refractivity (Wildman–Crippen MR) is 91.8 cm³/mol. The van der Waals surface area contributed by atoms with Crippen molar-refractivity contribution in [2.24, 2.45) is 0 Å². The minimum Gasteiger partial charge on any atom is -0.378 e. The van der Waals surface area contributed by atoms with Crippen molar-refractivity contribution in [1.29, 1.82) is 0 Å². The van der Waals surface area contributed by atoms with Crippen LogP contribution in [-0.2, 0) is 4.74 Å². The largest absolute Gasteiger partial charge is 0.378 e. The number of carbonyl (C=O) groups is 1. The van der Waals surface area contributed by atoms with Gasteiger partial charge in [-0.25, -0.2) is 4.98 Å². The first-order valence-corrected chi connectivity index (χ1v) is 8.48. The lowest BCUT2D eigenvalue weighted by Gasteiger charge is -2.25. The van der Waals surface area contributed by atoms with Crippen LogP contribution in [0.25, 0.3) is 10.2 Å². The molecule has 0 atom stereocenters. The van der Waals surface area contributed by atoms with Crippen LogP contribution in [0.2, 0.25) is 0 Å². The van der Waals surface area contributed by atoms with E-state index in [4.69, 9.17) is 9.26 Å². The van der Waals surface area contributed by atoms with Crippen LogP contribution >= 0.6 is 11.3 Å². The molecule has 7 nitrogen and oxygen atoms in total. The highest BCUT2D eigenvalue weighted by Gasteiger charge is 2.17. The molecule has 24 heavy (non-hydrogen) atoms. The molecule has 1 aliphatic rings. The molecule has 1 fully saturated rings. The van der Waals surface area contributed by atoms with Gasteiger partial charge in [-0.15, -0.1) is 0 Å².